The maximum Gasteiger partial charge on any atom is 0.244 e. The molecule has 0 N–H and O–H groups in total. The van der Waals surface area contributed by atoms with Gasteiger partial charge in [-0.3, -0.25) is 4.79 Å². The molecule has 1 aliphatic rings. The van der Waals surface area contributed by atoms with Gasteiger partial charge in [-0.05, 0) is 18.2 Å². The zero-order valence-electron chi connectivity index (χ0n) is 11.4. The summed E-state index contributed by atoms with van der Waals surface area (Å²) in [5, 5.41) is 8.81. The quantitative estimate of drug-likeness (QED) is 0.813. The van der Waals surface area contributed by atoms with E-state index in [0.717, 1.165) is 0 Å². The van der Waals surface area contributed by atoms with E-state index in [-0.39, 0.29) is 28.9 Å². The summed E-state index contributed by atoms with van der Waals surface area (Å²) >= 11 is 5.97. The fourth-order valence-electron chi connectivity index (χ4n) is 2.16. The smallest absolute Gasteiger partial charge is 0.244 e. The standard InChI is InChI=1S/C13H14ClN3O3S/c1-10(18)16-4-6-17(7-5-16)21(19,20)13-3-2-11(9-15)8-12(13)14/h2-3,8H,4-7H2,1H3. The minimum atomic E-state index is -3.71. The van der Waals surface area contributed by atoms with Crippen molar-refractivity contribution in [1.82, 2.24) is 9.21 Å². The number of nitriles is 1. The molecule has 0 aromatic heterocycles. The molecule has 0 saturated carbocycles. The number of carbonyl (C=O) groups is 1. The van der Waals surface area contributed by atoms with E-state index in [2.05, 4.69) is 0 Å². The van der Waals surface area contributed by atoms with E-state index < -0.39 is 10.0 Å². The molecule has 6 nitrogen and oxygen atoms in total. The lowest BCUT2D eigenvalue weighted by Crippen LogP contribution is -2.49. The maximum atomic E-state index is 12.5. The molecule has 8 heteroatoms. The van der Waals surface area contributed by atoms with E-state index >= 15 is 0 Å². The number of halogens is 1. The molecule has 0 aliphatic carbocycles. The molecule has 1 aromatic rings. The van der Waals surface area contributed by atoms with Gasteiger partial charge in [0.25, 0.3) is 0 Å². The molecule has 0 radical (unpaired) electrons. The molecule has 112 valence electrons. The highest BCUT2D eigenvalue weighted by atomic mass is 35.5. The molecule has 0 spiro atoms. The maximum absolute atomic E-state index is 12.5. The predicted octanol–water partition coefficient (Wildman–Crippen LogP) is 1.06. The van der Waals surface area contributed by atoms with E-state index in [1.54, 1.807) is 4.90 Å². The number of piperazine rings is 1. The van der Waals surface area contributed by atoms with Crippen LogP contribution in [0.4, 0.5) is 0 Å². The van der Waals surface area contributed by atoms with Crippen molar-refractivity contribution in [3.63, 3.8) is 0 Å². The van der Waals surface area contributed by atoms with Crippen molar-refractivity contribution in [3.8, 4) is 6.07 Å². The van der Waals surface area contributed by atoms with Crippen LogP contribution in [-0.2, 0) is 14.8 Å². The number of carbonyl (C=O) groups excluding carboxylic acids is 1. The Morgan fingerprint density at radius 2 is 1.90 bits per heavy atom. The zero-order valence-corrected chi connectivity index (χ0v) is 13.0. The summed E-state index contributed by atoms with van der Waals surface area (Å²) in [6.45, 7) is 2.66. The summed E-state index contributed by atoms with van der Waals surface area (Å²) in [7, 11) is -3.71. The van der Waals surface area contributed by atoms with E-state index in [4.69, 9.17) is 16.9 Å². The molecule has 0 unspecified atom stereocenters. The molecular weight excluding hydrogens is 314 g/mol. The van der Waals surface area contributed by atoms with Crippen molar-refractivity contribution in [2.24, 2.45) is 0 Å². The van der Waals surface area contributed by atoms with Crippen LogP contribution in [-0.4, -0.2) is 49.7 Å². The summed E-state index contributed by atoms with van der Waals surface area (Å²) in [6.07, 6.45) is 0. The Hall–Kier alpha value is -1.62. The summed E-state index contributed by atoms with van der Waals surface area (Å²) in [5.41, 5.74) is 0.306. The van der Waals surface area contributed by atoms with Gasteiger partial charge in [-0.1, -0.05) is 11.6 Å². The van der Waals surface area contributed by atoms with Crippen LogP contribution in [0.25, 0.3) is 0 Å². The number of benzene rings is 1. The average Bonchev–Trinajstić information content (AvgIpc) is 2.46. The third-order valence-corrected chi connectivity index (χ3v) is 5.74. The van der Waals surface area contributed by atoms with Crippen molar-refractivity contribution >= 4 is 27.5 Å². The molecule has 1 amide bonds. The summed E-state index contributed by atoms with van der Waals surface area (Å²) in [6, 6.07) is 6.00. The van der Waals surface area contributed by atoms with Crippen LogP contribution in [0, 0.1) is 11.3 Å². The summed E-state index contributed by atoms with van der Waals surface area (Å²) in [4.78, 5) is 12.8. The number of hydrogen-bond acceptors (Lipinski definition) is 4. The Morgan fingerprint density at radius 1 is 1.29 bits per heavy atom. The van der Waals surface area contributed by atoms with Gasteiger partial charge in [0, 0.05) is 33.1 Å². The Morgan fingerprint density at radius 3 is 2.38 bits per heavy atom. The second-order valence-electron chi connectivity index (χ2n) is 4.67. The van der Waals surface area contributed by atoms with Gasteiger partial charge in [0.15, 0.2) is 0 Å². The topological polar surface area (TPSA) is 81.5 Å². The van der Waals surface area contributed by atoms with Crippen molar-refractivity contribution < 1.29 is 13.2 Å². The largest absolute Gasteiger partial charge is 0.340 e. The Bertz CT molecular complexity index is 704. The average molecular weight is 328 g/mol. The van der Waals surface area contributed by atoms with Crippen LogP contribution in [0.3, 0.4) is 0 Å². The lowest BCUT2D eigenvalue weighted by molar-refractivity contribution is -0.129. The monoisotopic (exact) mass is 327 g/mol. The second kappa shape index (κ2) is 6.02. The van der Waals surface area contributed by atoms with Crippen LogP contribution in [0.2, 0.25) is 5.02 Å². The van der Waals surface area contributed by atoms with Crippen LogP contribution in [0.15, 0.2) is 23.1 Å². The number of nitrogens with zero attached hydrogens (tertiary/aromatic N) is 3. The first-order valence-corrected chi connectivity index (χ1v) is 8.13. The van der Waals surface area contributed by atoms with Crippen molar-refractivity contribution in [3.05, 3.63) is 28.8 Å². The number of sulfonamides is 1. The molecule has 1 heterocycles. The molecule has 1 aromatic carbocycles. The van der Waals surface area contributed by atoms with Gasteiger partial charge < -0.3 is 4.90 Å². The molecule has 0 atom stereocenters. The van der Waals surface area contributed by atoms with Gasteiger partial charge in [0.2, 0.25) is 15.9 Å². The van der Waals surface area contributed by atoms with E-state index in [0.29, 0.717) is 18.7 Å². The van der Waals surface area contributed by atoms with Crippen molar-refractivity contribution in [1.29, 1.82) is 5.26 Å². The van der Waals surface area contributed by atoms with E-state index in [1.165, 1.54) is 29.4 Å². The van der Waals surface area contributed by atoms with E-state index in [1.807, 2.05) is 6.07 Å². The van der Waals surface area contributed by atoms with Crippen LogP contribution >= 0.6 is 11.6 Å². The highest BCUT2D eigenvalue weighted by molar-refractivity contribution is 7.89. The van der Waals surface area contributed by atoms with Crippen LogP contribution in [0.1, 0.15) is 12.5 Å². The van der Waals surface area contributed by atoms with Gasteiger partial charge in [0.05, 0.1) is 16.7 Å². The minimum absolute atomic E-state index is 0.0144. The molecule has 21 heavy (non-hydrogen) atoms. The molecule has 0 bridgehead atoms. The van der Waals surface area contributed by atoms with E-state index in [9.17, 15) is 13.2 Å². The Labute approximate surface area is 128 Å². The zero-order chi connectivity index (χ0) is 15.6. The number of rotatable bonds is 2. The summed E-state index contributed by atoms with van der Waals surface area (Å²) in [5.74, 6) is -0.0662. The first-order valence-electron chi connectivity index (χ1n) is 6.31. The highest BCUT2D eigenvalue weighted by Gasteiger charge is 2.30. The highest BCUT2D eigenvalue weighted by Crippen LogP contribution is 2.26. The van der Waals surface area contributed by atoms with Crippen LogP contribution in [0.5, 0.6) is 0 Å². The summed E-state index contributed by atoms with van der Waals surface area (Å²) < 4.78 is 26.4. The molecule has 1 fully saturated rings. The van der Waals surface area contributed by atoms with Crippen molar-refractivity contribution in [2.75, 3.05) is 26.2 Å². The lowest BCUT2D eigenvalue weighted by atomic mass is 10.2. The van der Waals surface area contributed by atoms with Gasteiger partial charge in [-0.2, -0.15) is 9.57 Å². The van der Waals surface area contributed by atoms with Gasteiger partial charge in [-0.25, -0.2) is 8.42 Å². The molecule has 2 rings (SSSR count). The third-order valence-electron chi connectivity index (χ3n) is 3.36. The Kier molecular flexibility index (Phi) is 4.52. The van der Waals surface area contributed by atoms with Crippen LogP contribution < -0.4 is 0 Å². The van der Waals surface area contributed by atoms with Gasteiger partial charge in [0.1, 0.15) is 4.90 Å². The first kappa shape index (κ1) is 15.8. The molecule has 1 aliphatic heterocycles. The molecular formula is C13H14ClN3O3S. The van der Waals surface area contributed by atoms with Gasteiger partial charge >= 0.3 is 0 Å². The fourth-order valence-corrected chi connectivity index (χ4v) is 4.10. The third kappa shape index (κ3) is 3.18. The normalized spacial score (nSPS) is 16.5. The van der Waals surface area contributed by atoms with Gasteiger partial charge in [-0.15, -0.1) is 0 Å². The predicted molar refractivity (Wildman–Crippen MR) is 77.2 cm³/mol. The minimum Gasteiger partial charge on any atom is -0.340 e. The number of hydrogen-bond donors (Lipinski definition) is 0. The second-order valence-corrected chi connectivity index (χ2v) is 6.98. The Balaban J connectivity index is 2.24. The lowest BCUT2D eigenvalue weighted by Gasteiger charge is -2.33. The van der Waals surface area contributed by atoms with Crippen molar-refractivity contribution in [2.45, 2.75) is 11.8 Å². The number of amides is 1. The fraction of sp³-hybridized carbons (Fsp3) is 0.385. The SMILES string of the molecule is CC(=O)N1CCN(S(=O)(=O)c2ccc(C#N)cc2Cl)CC1. The molecule has 1 saturated heterocycles. The first-order chi connectivity index (χ1) is 9.86.